The molecule has 0 aromatic heterocycles. The number of carbonyl (C=O) groups excluding carboxylic acids is 2. The molecule has 3 fully saturated rings. The molecule has 1 aromatic carbocycles. The molecule has 1 amide bonds. The molecular formula is C23H32N2O4. The summed E-state index contributed by atoms with van der Waals surface area (Å²) in [6.45, 7) is 9.03. The van der Waals surface area contributed by atoms with Gasteiger partial charge in [-0.2, -0.15) is 0 Å². The minimum atomic E-state index is -0.445. The number of ether oxygens (including phenoxy) is 2. The van der Waals surface area contributed by atoms with Crippen molar-refractivity contribution < 1.29 is 19.1 Å². The second-order valence-electron chi connectivity index (χ2n) is 9.54. The van der Waals surface area contributed by atoms with Crippen molar-refractivity contribution in [1.29, 1.82) is 0 Å². The Labute approximate surface area is 173 Å². The summed E-state index contributed by atoms with van der Waals surface area (Å²) in [6, 6.07) is 8.24. The van der Waals surface area contributed by atoms with E-state index in [2.05, 4.69) is 4.90 Å². The van der Waals surface area contributed by atoms with Gasteiger partial charge in [-0.25, -0.2) is 4.79 Å². The Morgan fingerprint density at radius 1 is 1.07 bits per heavy atom. The number of ketones is 1. The van der Waals surface area contributed by atoms with Gasteiger partial charge in [-0.15, -0.1) is 0 Å². The minimum Gasteiger partial charge on any atom is -0.494 e. The van der Waals surface area contributed by atoms with Crippen LogP contribution in [0.1, 0.15) is 56.8 Å². The first kappa shape index (κ1) is 20.2. The molecule has 0 N–H and O–H groups in total. The van der Waals surface area contributed by atoms with Crippen LogP contribution in [0.3, 0.4) is 0 Å². The lowest BCUT2D eigenvalue weighted by molar-refractivity contribution is 0.0126. The van der Waals surface area contributed by atoms with Crippen molar-refractivity contribution in [2.24, 2.45) is 5.92 Å². The molecule has 1 saturated carbocycles. The van der Waals surface area contributed by atoms with Gasteiger partial charge in [-0.05, 0) is 70.7 Å². The molecular weight excluding hydrogens is 368 g/mol. The van der Waals surface area contributed by atoms with Gasteiger partial charge in [0.15, 0.2) is 5.78 Å². The van der Waals surface area contributed by atoms with E-state index in [1.807, 2.05) is 49.9 Å². The third kappa shape index (κ3) is 4.92. The van der Waals surface area contributed by atoms with Crippen LogP contribution in [0.4, 0.5) is 4.79 Å². The predicted molar refractivity (Wildman–Crippen MR) is 110 cm³/mol. The Kier molecular flexibility index (Phi) is 5.56. The summed E-state index contributed by atoms with van der Waals surface area (Å²) < 4.78 is 11.4. The fraction of sp³-hybridized carbons (Fsp3) is 0.652. The highest BCUT2D eigenvalue weighted by molar-refractivity contribution is 5.99. The highest BCUT2D eigenvalue weighted by Gasteiger charge is 2.46. The zero-order valence-corrected chi connectivity index (χ0v) is 17.7. The van der Waals surface area contributed by atoms with Crippen molar-refractivity contribution >= 4 is 11.9 Å². The van der Waals surface area contributed by atoms with E-state index in [9.17, 15) is 9.59 Å². The van der Waals surface area contributed by atoms with Gasteiger partial charge in [0.25, 0.3) is 0 Å². The molecule has 2 heterocycles. The summed E-state index contributed by atoms with van der Waals surface area (Å²) in [5.74, 6) is 1.33. The number of Topliss-reactive ketones (excluding diaryl/α,β-unsaturated/α-hetero) is 1. The zero-order valence-electron chi connectivity index (χ0n) is 17.7. The molecule has 158 valence electrons. The van der Waals surface area contributed by atoms with E-state index in [-0.39, 0.29) is 23.8 Å². The van der Waals surface area contributed by atoms with Crippen LogP contribution in [0.2, 0.25) is 0 Å². The molecule has 2 aliphatic heterocycles. The number of amides is 1. The molecule has 6 nitrogen and oxygen atoms in total. The van der Waals surface area contributed by atoms with Crippen LogP contribution in [-0.4, -0.2) is 65.6 Å². The van der Waals surface area contributed by atoms with E-state index < -0.39 is 5.60 Å². The SMILES string of the molecule is CC(C)(C)OC(=O)N1C[C@H]2C[C@@H]1CN2CCCOc1ccc(C(=O)C2CC2)cc1. The molecule has 2 bridgehead atoms. The molecule has 6 heteroatoms. The Morgan fingerprint density at radius 3 is 2.38 bits per heavy atom. The first-order chi connectivity index (χ1) is 13.8. The van der Waals surface area contributed by atoms with Gasteiger partial charge < -0.3 is 14.4 Å². The first-order valence-corrected chi connectivity index (χ1v) is 10.8. The number of rotatable bonds is 7. The molecule has 0 unspecified atom stereocenters. The zero-order chi connectivity index (χ0) is 20.6. The Hall–Kier alpha value is -2.08. The highest BCUT2D eigenvalue weighted by atomic mass is 16.6. The Bertz CT molecular complexity index is 751. The topological polar surface area (TPSA) is 59.1 Å². The van der Waals surface area contributed by atoms with E-state index in [1.165, 1.54) is 0 Å². The number of carbonyl (C=O) groups is 2. The van der Waals surface area contributed by atoms with Gasteiger partial charge in [0.2, 0.25) is 0 Å². The quantitative estimate of drug-likeness (QED) is 0.515. The number of piperazine rings is 1. The number of likely N-dealkylation sites (tertiary alicyclic amines) is 2. The van der Waals surface area contributed by atoms with Gasteiger partial charge in [-0.3, -0.25) is 9.69 Å². The van der Waals surface area contributed by atoms with Crippen molar-refractivity contribution in [3.05, 3.63) is 29.8 Å². The van der Waals surface area contributed by atoms with Crippen LogP contribution in [0.5, 0.6) is 5.75 Å². The molecule has 0 spiro atoms. The van der Waals surface area contributed by atoms with Crippen molar-refractivity contribution in [1.82, 2.24) is 9.80 Å². The van der Waals surface area contributed by atoms with Crippen molar-refractivity contribution in [2.45, 2.75) is 64.1 Å². The molecule has 1 aromatic rings. The van der Waals surface area contributed by atoms with E-state index in [4.69, 9.17) is 9.47 Å². The van der Waals surface area contributed by atoms with Crippen LogP contribution in [0, 0.1) is 5.92 Å². The lowest BCUT2D eigenvalue weighted by atomic mass is 10.1. The molecule has 29 heavy (non-hydrogen) atoms. The van der Waals surface area contributed by atoms with Gasteiger partial charge in [0, 0.05) is 43.2 Å². The van der Waals surface area contributed by atoms with E-state index in [1.54, 1.807) is 0 Å². The van der Waals surface area contributed by atoms with E-state index >= 15 is 0 Å². The monoisotopic (exact) mass is 400 g/mol. The largest absolute Gasteiger partial charge is 0.494 e. The Morgan fingerprint density at radius 2 is 1.79 bits per heavy atom. The van der Waals surface area contributed by atoms with Crippen LogP contribution >= 0.6 is 0 Å². The predicted octanol–water partition coefficient (Wildman–Crippen LogP) is 3.74. The van der Waals surface area contributed by atoms with Crippen LogP contribution in [-0.2, 0) is 4.74 Å². The lowest BCUT2D eigenvalue weighted by Crippen LogP contribution is -2.50. The molecule has 1 aliphatic carbocycles. The second-order valence-corrected chi connectivity index (χ2v) is 9.54. The van der Waals surface area contributed by atoms with Crippen LogP contribution < -0.4 is 4.74 Å². The van der Waals surface area contributed by atoms with Crippen LogP contribution in [0.15, 0.2) is 24.3 Å². The molecule has 0 radical (unpaired) electrons. The van der Waals surface area contributed by atoms with Crippen molar-refractivity contribution in [2.75, 3.05) is 26.2 Å². The summed E-state index contributed by atoms with van der Waals surface area (Å²) in [6.07, 6.45) is 3.86. The molecule has 2 atom stereocenters. The number of hydrogen-bond acceptors (Lipinski definition) is 5. The molecule has 2 saturated heterocycles. The third-order valence-electron chi connectivity index (χ3n) is 5.93. The maximum Gasteiger partial charge on any atom is 0.410 e. The number of nitrogens with zero attached hydrogens (tertiary/aromatic N) is 2. The number of fused-ring (bicyclic) bond motifs is 2. The molecule has 3 aliphatic rings. The maximum absolute atomic E-state index is 12.3. The average molecular weight is 401 g/mol. The van der Waals surface area contributed by atoms with Crippen molar-refractivity contribution in [3.63, 3.8) is 0 Å². The first-order valence-electron chi connectivity index (χ1n) is 10.8. The summed E-state index contributed by atoms with van der Waals surface area (Å²) >= 11 is 0. The summed E-state index contributed by atoms with van der Waals surface area (Å²) in [5, 5.41) is 0. The normalized spacial score (nSPS) is 24.0. The molecule has 4 rings (SSSR count). The van der Waals surface area contributed by atoms with Gasteiger partial charge in [0.05, 0.1) is 6.61 Å². The summed E-state index contributed by atoms with van der Waals surface area (Å²) in [7, 11) is 0. The van der Waals surface area contributed by atoms with E-state index in [0.717, 1.165) is 56.6 Å². The highest BCUT2D eigenvalue weighted by Crippen LogP contribution is 2.33. The van der Waals surface area contributed by atoms with Gasteiger partial charge in [0.1, 0.15) is 11.4 Å². The van der Waals surface area contributed by atoms with Crippen molar-refractivity contribution in [3.8, 4) is 5.75 Å². The fourth-order valence-corrected chi connectivity index (χ4v) is 4.32. The minimum absolute atomic E-state index is 0.184. The standard InChI is InChI=1S/C23H32N2O4/c1-23(2,3)29-22(27)25-15-18-13-19(25)14-24(18)11-4-12-28-20-9-7-17(8-10-20)21(26)16-5-6-16/h7-10,16,18-19H,4-6,11-15H2,1-3H3/t18-,19-/m1/s1. The third-order valence-corrected chi connectivity index (χ3v) is 5.93. The smallest absolute Gasteiger partial charge is 0.410 e. The maximum atomic E-state index is 12.3. The fourth-order valence-electron chi connectivity index (χ4n) is 4.32. The van der Waals surface area contributed by atoms with Gasteiger partial charge >= 0.3 is 6.09 Å². The average Bonchev–Trinajstić information content (AvgIpc) is 3.33. The lowest BCUT2D eigenvalue weighted by Gasteiger charge is -2.35. The summed E-state index contributed by atoms with van der Waals surface area (Å²) in [4.78, 5) is 28.7. The number of hydrogen-bond donors (Lipinski definition) is 0. The van der Waals surface area contributed by atoms with E-state index in [0.29, 0.717) is 12.6 Å². The van der Waals surface area contributed by atoms with Crippen LogP contribution in [0.25, 0.3) is 0 Å². The number of benzene rings is 1. The van der Waals surface area contributed by atoms with Gasteiger partial charge in [-0.1, -0.05) is 0 Å². The summed E-state index contributed by atoms with van der Waals surface area (Å²) in [5.41, 5.74) is 0.349. The second kappa shape index (κ2) is 7.98. The Balaban J connectivity index is 1.16.